The van der Waals surface area contributed by atoms with Crippen molar-refractivity contribution in [2.24, 2.45) is 0 Å². The zero-order valence-electron chi connectivity index (χ0n) is 63.4. The van der Waals surface area contributed by atoms with Crippen LogP contribution in [0.4, 0.5) is 0 Å². The molecule has 9 aromatic heterocycles. The van der Waals surface area contributed by atoms with Crippen molar-refractivity contribution in [3.63, 3.8) is 0 Å². The summed E-state index contributed by atoms with van der Waals surface area (Å²) < 4.78 is 29.6. The molecule has 9 heteroatoms. The molecule has 5 nitrogen and oxygen atoms in total. The lowest BCUT2D eigenvalue weighted by Crippen LogP contribution is -1.92. The van der Waals surface area contributed by atoms with Gasteiger partial charge in [-0.2, -0.15) is 0 Å². The maximum Gasteiger partial charge on any atom is 0.134 e. The SMILES string of the molecule is CCn1c2ccccc2c2c(C)cccc21.Cc1cc2c(C)cccc2o1.Cc1cc2c(C)cccc2s1.Cc1cccc2occ(C)c12.Cc1cccc2occc12.Cc1cccc2scc(C)c12.Cc1cccc2sccc12.Cc1oc2cccc(C)c2c1C.Cc1sc2cccc(C)c2c1C. The Balaban J connectivity index is 0.000000118. The van der Waals surface area contributed by atoms with E-state index in [1.165, 1.54) is 166 Å². The molecule has 0 spiro atoms. The first-order valence-electron chi connectivity index (χ1n) is 35.6. The minimum Gasteiger partial charge on any atom is -0.464 e. The first-order chi connectivity index (χ1) is 50.1. The minimum absolute atomic E-state index is 0.972. The summed E-state index contributed by atoms with van der Waals surface area (Å²) in [6.45, 7) is 39.4. The fraction of sp³-hybridized carbons (Fsp3) is 0.200. The summed E-state index contributed by atoms with van der Waals surface area (Å²) >= 11 is 7.39. The van der Waals surface area contributed by atoms with Gasteiger partial charge >= 0.3 is 0 Å². The fourth-order valence-corrected chi connectivity index (χ4v) is 17.8. The van der Waals surface area contributed by atoms with Gasteiger partial charge in [-0.05, 0) is 314 Å². The Bertz CT molecular complexity index is 5770. The lowest BCUT2D eigenvalue weighted by atomic mass is 10.1. The van der Waals surface area contributed by atoms with Crippen LogP contribution in [0.3, 0.4) is 0 Å². The highest BCUT2D eigenvalue weighted by atomic mass is 32.1. The fourth-order valence-electron chi connectivity index (χ4n) is 13.7. The van der Waals surface area contributed by atoms with Crippen LogP contribution in [0.15, 0.2) is 253 Å². The third-order valence-electron chi connectivity index (χ3n) is 19.3. The summed E-state index contributed by atoms with van der Waals surface area (Å²) in [5.41, 5.74) is 24.0. The summed E-state index contributed by atoms with van der Waals surface area (Å²) in [5, 5.41) is 17.8. The minimum atomic E-state index is 0.972. The zero-order valence-corrected chi connectivity index (χ0v) is 66.7. The molecule has 0 unspecified atom stereocenters. The van der Waals surface area contributed by atoms with Crippen LogP contribution in [-0.2, 0) is 6.54 Å². The number of nitrogens with zero attached hydrogens (tertiary/aromatic N) is 1. The lowest BCUT2D eigenvalue weighted by Gasteiger charge is -2.02. The molecule has 0 atom stereocenters. The van der Waals surface area contributed by atoms with Crippen molar-refractivity contribution >= 4 is 151 Å². The summed E-state index contributed by atoms with van der Waals surface area (Å²) in [6, 6.07) is 74.0. The van der Waals surface area contributed by atoms with Crippen molar-refractivity contribution in [2.75, 3.05) is 0 Å². The molecule has 0 saturated carbocycles. The smallest absolute Gasteiger partial charge is 0.134 e. The molecule has 0 bridgehead atoms. The second-order valence-electron chi connectivity index (χ2n) is 26.9. The number of fused-ring (bicyclic) bond motifs is 11. The summed E-state index contributed by atoms with van der Waals surface area (Å²) in [4.78, 5) is 2.84. The number of hydrogen-bond donors (Lipinski definition) is 0. The Hall–Kier alpha value is -10.0. The van der Waals surface area contributed by atoms with Gasteiger partial charge in [0.2, 0.25) is 0 Å². The Kier molecular flexibility index (Phi) is 24.6. The molecule has 0 aliphatic rings. The van der Waals surface area contributed by atoms with Gasteiger partial charge < -0.3 is 22.2 Å². The molecule has 19 rings (SSSR count). The average molecular weight is 1440 g/mol. The highest BCUT2D eigenvalue weighted by molar-refractivity contribution is 7.19. The topological polar surface area (TPSA) is 57.5 Å². The van der Waals surface area contributed by atoms with Gasteiger partial charge in [0.1, 0.15) is 33.9 Å². The van der Waals surface area contributed by atoms with E-state index in [2.05, 4.69) is 284 Å². The molecule has 528 valence electrons. The maximum absolute atomic E-state index is 5.58. The molecule has 0 fully saturated rings. The van der Waals surface area contributed by atoms with Gasteiger partial charge in [0.25, 0.3) is 0 Å². The molecule has 9 heterocycles. The first-order valence-corrected chi connectivity index (χ1v) is 39.0. The van der Waals surface area contributed by atoms with Crippen LogP contribution in [0.5, 0.6) is 0 Å². The predicted molar refractivity (Wildman–Crippen MR) is 458 cm³/mol. The van der Waals surface area contributed by atoms with Crippen molar-refractivity contribution in [3.05, 3.63) is 329 Å². The van der Waals surface area contributed by atoms with Crippen LogP contribution >= 0.6 is 45.3 Å². The van der Waals surface area contributed by atoms with E-state index in [1.807, 2.05) is 102 Å². The molecular weight excluding hydrogens is 1350 g/mol. The number of aromatic nitrogens is 1. The van der Waals surface area contributed by atoms with E-state index >= 15 is 0 Å². The monoisotopic (exact) mass is 1440 g/mol. The van der Waals surface area contributed by atoms with Gasteiger partial charge in [0, 0.05) is 78.4 Å². The lowest BCUT2D eigenvalue weighted by molar-refractivity contribution is 0.575. The van der Waals surface area contributed by atoms with E-state index in [1.54, 1.807) is 23.9 Å². The van der Waals surface area contributed by atoms with E-state index in [4.69, 9.17) is 17.7 Å². The van der Waals surface area contributed by atoms with E-state index in [9.17, 15) is 0 Å². The largest absolute Gasteiger partial charge is 0.464 e. The zero-order chi connectivity index (χ0) is 73.9. The van der Waals surface area contributed by atoms with Crippen LogP contribution in [0.1, 0.15) is 101 Å². The van der Waals surface area contributed by atoms with Crippen molar-refractivity contribution in [3.8, 4) is 0 Å². The van der Waals surface area contributed by atoms with Crippen LogP contribution < -0.4 is 0 Å². The van der Waals surface area contributed by atoms with Crippen molar-refractivity contribution < 1.29 is 17.7 Å². The molecule has 0 amide bonds. The van der Waals surface area contributed by atoms with Crippen LogP contribution in [0, 0.1) is 118 Å². The van der Waals surface area contributed by atoms with Crippen molar-refractivity contribution in [1.29, 1.82) is 0 Å². The Morgan fingerprint density at radius 2 is 0.846 bits per heavy atom. The van der Waals surface area contributed by atoms with Gasteiger partial charge in [0.15, 0.2) is 0 Å². The van der Waals surface area contributed by atoms with Crippen molar-refractivity contribution in [1.82, 2.24) is 4.57 Å². The Morgan fingerprint density at radius 3 is 1.46 bits per heavy atom. The van der Waals surface area contributed by atoms with Crippen LogP contribution in [-0.4, -0.2) is 4.57 Å². The van der Waals surface area contributed by atoms with E-state index in [0.717, 1.165) is 40.4 Å². The first kappa shape index (κ1) is 75.2. The molecule has 0 aliphatic heterocycles. The molecule has 19 aromatic rings. The maximum atomic E-state index is 5.58. The van der Waals surface area contributed by atoms with Crippen LogP contribution in [0.25, 0.3) is 106 Å². The summed E-state index contributed by atoms with van der Waals surface area (Å²) in [6.07, 6.45) is 3.52. The summed E-state index contributed by atoms with van der Waals surface area (Å²) in [5.74, 6) is 2.01. The number of furan rings is 4. The Labute approximate surface area is 629 Å². The second kappa shape index (κ2) is 34.1. The third kappa shape index (κ3) is 17.1. The molecule has 0 saturated heterocycles. The number of rotatable bonds is 1. The van der Waals surface area contributed by atoms with Gasteiger partial charge in [-0.15, -0.1) is 45.3 Å². The quantitative estimate of drug-likeness (QED) is 0.164. The molecular formula is C95H95NO4S4. The molecule has 0 N–H and O–H groups in total. The van der Waals surface area contributed by atoms with E-state index in [0.29, 0.717) is 0 Å². The standard InChI is InChI=1S/C15H15N.C11H12O.C11H12S.2C10H10O.2C10H10S.C9H8O.C9H8S/c1-3-16-13-9-5-4-8-12(13)15-11(2)7-6-10-14(15)16;2*1-7-5-4-6-10-11(7)8(2)9(3)12-10;1-7-4-3-5-10-9(7)6-8(2)11-10;1-7-4-3-5-9-10(7)8(2)6-11-9;1-7-4-3-5-10-9(7)6-8(2)11-10;1-7-4-3-5-9-10(7)8(2)6-11-9;2*1-7-3-2-4-9-8(7)5-6-10-9/h4-10H,3H2,1-2H3;2*4-6H,1-3H3;4*3-6H,1-2H3;2*2-6H,1H3. The van der Waals surface area contributed by atoms with Gasteiger partial charge in [-0.1, -0.05) is 127 Å². The second-order valence-corrected chi connectivity index (χ2v) is 31.3. The molecule has 0 aliphatic carbocycles. The normalized spacial score (nSPS) is 10.8. The molecule has 10 aromatic carbocycles. The van der Waals surface area contributed by atoms with E-state index < -0.39 is 0 Å². The van der Waals surface area contributed by atoms with Gasteiger partial charge in [0.05, 0.1) is 12.5 Å². The van der Waals surface area contributed by atoms with Crippen molar-refractivity contribution in [2.45, 2.75) is 131 Å². The van der Waals surface area contributed by atoms with E-state index in [-0.39, 0.29) is 0 Å². The number of thiophene rings is 4. The third-order valence-corrected chi connectivity index (χ3v) is 23.5. The Morgan fingerprint density at radius 1 is 0.317 bits per heavy atom. The molecule has 0 radical (unpaired) electrons. The van der Waals surface area contributed by atoms with Gasteiger partial charge in [-0.3, -0.25) is 0 Å². The highest BCUT2D eigenvalue weighted by Crippen LogP contribution is 2.35. The average Bonchev–Trinajstić information content (AvgIpc) is 1.60. The number of benzene rings is 10. The number of hydrogen-bond acceptors (Lipinski definition) is 8. The highest BCUT2D eigenvalue weighted by Gasteiger charge is 2.12. The predicted octanol–water partition coefficient (Wildman–Crippen LogP) is 30.4. The van der Waals surface area contributed by atoms with Gasteiger partial charge in [-0.25, -0.2) is 0 Å². The number of para-hydroxylation sites is 1. The van der Waals surface area contributed by atoms with Crippen LogP contribution in [0.2, 0.25) is 0 Å². The molecule has 104 heavy (non-hydrogen) atoms. The number of aryl methyl sites for hydroxylation is 18. The summed E-state index contributed by atoms with van der Waals surface area (Å²) in [7, 11) is 0.